The maximum atomic E-state index is 13.8. The third-order valence-electron chi connectivity index (χ3n) is 8.84. The quantitative estimate of drug-likeness (QED) is 0.0860. The Balaban J connectivity index is 1.25. The molecule has 2 aliphatic heterocycles. The van der Waals surface area contributed by atoms with Gasteiger partial charge in [-0.3, -0.25) is 24.7 Å². The van der Waals surface area contributed by atoms with Crippen molar-refractivity contribution in [2.45, 2.75) is 76.7 Å². The van der Waals surface area contributed by atoms with Gasteiger partial charge >= 0.3 is 0 Å². The number of aryl methyl sites for hydroxylation is 3. The number of nitrogens with two attached hydrogens (primary N) is 1. The van der Waals surface area contributed by atoms with Crippen LogP contribution in [0.3, 0.4) is 0 Å². The second kappa shape index (κ2) is 14.1. The van der Waals surface area contributed by atoms with Crippen molar-refractivity contribution in [1.29, 1.82) is 0 Å². The fourth-order valence-electron chi connectivity index (χ4n) is 6.42. The van der Waals surface area contributed by atoms with Crippen LogP contribution in [0.1, 0.15) is 60.8 Å². The number of imidazole rings is 1. The number of aromatic nitrogens is 2. The Morgan fingerprint density at radius 1 is 1.20 bits per heavy atom. The molecule has 0 saturated carbocycles. The highest BCUT2D eigenvalue weighted by Crippen LogP contribution is 2.31. The zero-order chi connectivity index (χ0) is 32.2. The molecule has 240 valence electrons. The molecule has 2 saturated heterocycles. The van der Waals surface area contributed by atoms with Crippen LogP contribution in [0.4, 0.5) is 0 Å². The Labute approximate surface area is 268 Å². The van der Waals surface area contributed by atoms with Gasteiger partial charge in [0.1, 0.15) is 12.3 Å². The number of hydrogen-bond acceptors (Lipinski definition) is 7. The zero-order valence-corrected chi connectivity index (χ0v) is 26.8. The molecule has 2 aliphatic rings. The number of nitrogens with one attached hydrogen (secondary N) is 1. The summed E-state index contributed by atoms with van der Waals surface area (Å²) in [6.45, 7) is 4.52. The Kier molecular flexibility index (Phi) is 10.2. The van der Waals surface area contributed by atoms with Crippen LogP contribution >= 0.6 is 11.6 Å². The molecule has 11 nitrogen and oxygen atoms in total. The molecule has 12 heteroatoms. The summed E-state index contributed by atoms with van der Waals surface area (Å²) in [5.74, 6) is 0.162. The van der Waals surface area contributed by atoms with Gasteiger partial charge < -0.3 is 25.2 Å². The summed E-state index contributed by atoms with van der Waals surface area (Å²) < 4.78 is 1.75. The van der Waals surface area contributed by atoms with Gasteiger partial charge in [-0.1, -0.05) is 35.9 Å². The SMILES string of the molecule is CC(N)=NCCCC(NC(O)[C@@H]1CC[C@H]2C(=O)N(CCCc3ccc(C)c(Cl)c3)CC(=O)N21)C(=O)c1nc2ccccc2n1C. The lowest BCUT2D eigenvalue weighted by Crippen LogP contribution is -2.63. The highest BCUT2D eigenvalue weighted by atomic mass is 35.5. The van der Waals surface area contributed by atoms with Crippen molar-refractivity contribution in [1.82, 2.24) is 24.7 Å². The van der Waals surface area contributed by atoms with E-state index in [9.17, 15) is 19.5 Å². The number of amides is 2. The van der Waals surface area contributed by atoms with Gasteiger partial charge in [0.15, 0.2) is 5.82 Å². The van der Waals surface area contributed by atoms with E-state index in [1.54, 1.807) is 23.4 Å². The van der Waals surface area contributed by atoms with Crippen LogP contribution in [0.2, 0.25) is 5.02 Å². The molecule has 4 N–H and O–H groups in total. The van der Waals surface area contributed by atoms with E-state index in [1.807, 2.05) is 49.4 Å². The maximum absolute atomic E-state index is 13.8. The molecular weight excluding hydrogens is 594 g/mol. The molecule has 4 atom stereocenters. The molecule has 3 aromatic rings. The minimum absolute atomic E-state index is 0.0358. The smallest absolute Gasteiger partial charge is 0.245 e. The Hall–Kier alpha value is -3.80. The van der Waals surface area contributed by atoms with Crippen LogP contribution in [0, 0.1) is 6.92 Å². The second-order valence-electron chi connectivity index (χ2n) is 12.1. The zero-order valence-electron chi connectivity index (χ0n) is 26.1. The normalized spacial score (nSPS) is 20.2. The Bertz CT molecular complexity index is 1600. The summed E-state index contributed by atoms with van der Waals surface area (Å²) in [6.07, 6.45) is 2.05. The van der Waals surface area contributed by atoms with E-state index in [1.165, 1.54) is 4.90 Å². The fourth-order valence-corrected chi connectivity index (χ4v) is 6.62. The summed E-state index contributed by atoms with van der Waals surface area (Å²) in [7, 11) is 1.79. The van der Waals surface area contributed by atoms with Gasteiger partial charge in [0.25, 0.3) is 0 Å². The number of Topliss-reactive ketones (excluding diaryl/α,β-unsaturated/α-hetero) is 1. The van der Waals surface area contributed by atoms with Crippen molar-refractivity contribution in [2.24, 2.45) is 17.8 Å². The predicted octanol–water partition coefficient (Wildman–Crippen LogP) is 2.99. The molecule has 2 amide bonds. The van der Waals surface area contributed by atoms with Gasteiger partial charge in [-0.2, -0.15) is 0 Å². The van der Waals surface area contributed by atoms with E-state index in [-0.39, 0.29) is 30.0 Å². The van der Waals surface area contributed by atoms with Gasteiger partial charge in [0.05, 0.1) is 35.5 Å². The molecule has 1 aromatic heterocycles. The molecule has 0 bridgehead atoms. The lowest BCUT2D eigenvalue weighted by Gasteiger charge is -2.40. The first-order chi connectivity index (χ1) is 21.5. The van der Waals surface area contributed by atoms with E-state index >= 15 is 0 Å². The van der Waals surface area contributed by atoms with Crippen LogP contribution in [0.5, 0.6) is 0 Å². The molecule has 5 rings (SSSR count). The third kappa shape index (κ3) is 7.21. The van der Waals surface area contributed by atoms with E-state index in [0.29, 0.717) is 61.6 Å². The minimum atomic E-state index is -1.21. The van der Waals surface area contributed by atoms with Gasteiger partial charge in [0, 0.05) is 25.2 Å². The average Bonchev–Trinajstić information content (AvgIpc) is 3.61. The molecular formula is C33H42ClN7O4. The standard InChI is InChI=1S/C33H42ClN7O4/c1-20-12-13-22(18-23(20)34)8-7-17-40-19-29(42)41-27(14-15-28(41)33(40)45)32(44)38-25(10-6-16-36-21(2)35)30(43)31-37-24-9-4-5-11-26(24)39(31)3/h4-5,9,11-13,18,25,27-28,32,38,44H,6-8,10,14-17,19H2,1-3H3,(H2,35,36)/t25?,27-,28-,32?/m0/s1. The predicted molar refractivity (Wildman–Crippen MR) is 174 cm³/mol. The first-order valence-electron chi connectivity index (χ1n) is 15.6. The molecule has 0 spiro atoms. The summed E-state index contributed by atoms with van der Waals surface area (Å²) in [6, 6.07) is 11.4. The van der Waals surface area contributed by atoms with Crippen molar-refractivity contribution in [2.75, 3.05) is 19.6 Å². The van der Waals surface area contributed by atoms with Crippen molar-refractivity contribution in [3.8, 4) is 0 Å². The number of amidine groups is 1. The summed E-state index contributed by atoms with van der Waals surface area (Å²) in [5.41, 5.74) is 9.32. The summed E-state index contributed by atoms with van der Waals surface area (Å²) >= 11 is 6.26. The topological polar surface area (TPSA) is 146 Å². The van der Waals surface area contributed by atoms with Crippen LogP contribution in [-0.2, 0) is 23.1 Å². The van der Waals surface area contributed by atoms with Crippen LogP contribution in [-0.4, -0.2) is 91.9 Å². The minimum Gasteiger partial charge on any atom is -0.388 e. The molecule has 2 aromatic carbocycles. The summed E-state index contributed by atoms with van der Waals surface area (Å²) in [4.78, 5) is 52.6. The molecule has 3 heterocycles. The van der Waals surface area contributed by atoms with Gasteiger partial charge in [-0.25, -0.2) is 4.98 Å². The van der Waals surface area contributed by atoms with Gasteiger partial charge in [0.2, 0.25) is 17.6 Å². The van der Waals surface area contributed by atoms with Crippen molar-refractivity contribution >= 4 is 46.1 Å². The average molecular weight is 636 g/mol. The number of carbonyl (C=O) groups excluding carboxylic acids is 3. The third-order valence-corrected chi connectivity index (χ3v) is 9.25. The first-order valence-corrected chi connectivity index (χ1v) is 15.9. The number of halogens is 1. The maximum Gasteiger partial charge on any atom is 0.245 e. The highest BCUT2D eigenvalue weighted by Gasteiger charge is 2.49. The number of piperazine rings is 1. The van der Waals surface area contributed by atoms with Crippen molar-refractivity contribution < 1.29 is 19.5 Å². The number of rotatable bonds is 13. The first kappa shape index (κ1) is 32.6. The molecule has 0 aliphatic carbocycles. The lowest BCUT2D eigenvalue weighted by molar-refractivity contribution is -0.157. The van der Waals surface area contributed by atoms with E-state index < -0.39 is 24.4 Å². The fraction of sp³-hybridized carbons (Fsp3) is 0.485. The Morgan fingerprint density at radius 2 is 1.98 bits per heavy atom. The van der Waals surface area contributed by atoms with E-state index in [0.717, 1.165) is 23.1 Å². The number of aliphatic imine (C=N–C) groups is 1. The number of hydrogen-bond donors (Lipinski definition) is 3. The molecule has 2 unspecified atom stereocenters. The highest BCUT2D eigenvalue weighted by molar-refractivity contribution is 6.31. The van der Waals surface area contributed by atoms with Gasteiger partial charge in [-0.05, 0) is 81.7 Å². The van der Waals surface area contributed by atoms with Crippen LogP contribution < -0.4 is 11.1 Å². The molecule has 45 heavy (non-hydrogen) atoms. The van der Waals surface area contributed by atoms with Crippen molar-refractivity contribution in [3.05, 3.63) is 64.4 Å². The Morgan fingerprint density at radius 3 is 2.71 bits per heavy atom. The van der Waals surface area contributed by atoms with Crippen molar-refractivity contribution in [3.63, 3.8) is 0 Å². The van der Waals surface area contributed by atoms with E-state index in [2.05, 4.69) is 15.3 Å². The summed E-state index contributed by atoms with van der Waals surface area (Å²) in [5, 5.41) is 15.2. The van der Waals surface area contributed by atoms with Crippen LogP contribution in [0.15, 0.2) is 47.5 Å². The number of nitrogens with zero attached hydrogens (tertiary/aromatic N) is 5. The number of aliphatic hydroxyl groups is 1. The van der Waals surface area contributed by atoms with E-state index in [4.69, 9.17) is 17.3 Å². The van der Waals surface area contributed by atoms with Gasteiger partial charge in [-0.15, -0.1) is 0 Å². The molecule has 2 fully saturated rings. The molecule has 0 radical (unpaired) electrons. The number of ketones is 1. The number of para-hydroxylation sites is 2. The number of carbonyl (C=O) groups is 3. The van der Waals surface area contributed by atoms with Crippen LogP contribution in [0.25, 0.3) is 11.0 Å². The number of aliphatic hydroxyl groups excluding tert-OH is 1. The number of fused-ring (bicyclic) bond motifs is 2. The largest absolute Gasteiger partial charge is 0.388 e. The number of benzene rings is 2. The monoisotopic (exact) mass is 635 g/mol. The second-order valence-corrected chi connectivity index (χ2v) is 12.5. The lowest BCUT2D eigenvalue weighted by atomic mass is 10.0.